The fourth-order valence-electron chi connectivity index (χ4n) is 2.80. The number of aromatic nitrogens is 2. The molecule has 140 valence electrons. The minimum absolute atomic E-state index is 0.114. The quantitative estimate of drug-likeness (QED) is 0.497. The van der Waals surface area contributed by atoms with E-state index in [1.165, 1.54) is 6.07 Å². The number of nitrogens with zero attached hydrogens (tertiary/aromatic N) is 1. The van der Waals surface area contributed by atoms with Gasteiger partial charge in [-0.1, -0.05) is 29.8 Å². The van der Waals surface area contributed by atoms with Crippen LogP contribution in [-0.2, 0) is 13.2 Å². The molecule has 0 saturated carbocycles. The van der Waals surface area contributed by atoms with Crippen LogP contribution in [-0.4, -0.2) is 9.97 Å². The van der Waals surface area contributed by atoms with Crippen molar-refractivity contribution < 1.29 is 4.74 Å². The van der Waals surface area contributed by atoms with Gasteiger partial charge < -0.3 is 15.0 Å². The molecule has 0 spiro atoms. The van der Waals surface area contributed by atoms with Crippen molar-refractivity contribution in [3.63, 3.8) is 0 Å². The fraction of sp³-hybridized carbons (Fsp3) is 0.0909. The molecule has 2 N–H and O–H groups in total. The van der Waals surface area contributed by atoms with Crippen LogP contribution in [0.1, 0.15) is 11.1 Å². The second-order valence-electron chi connectivity index (χ2n) is 6.39. The van der Waals surface area contributed by atoms with Crippen molar-refractivity contribution in [3.05, 3.63) is 99.4 Å². The van der Waals surface area contributed by atoms with Gasteiger partial charge in [-0.25, -0.2) is 4.98 Å². The molecular weight excluding hydrogens is 374 g/mol. The number of nitrogens with one attached hydrogen (secondary N) is 2. The van der Waals surface area contributed by atoms with Crippen molar-refractivity contribution in [1.29, 1.82) is 0 Å². The molecule has 0 unspecified atom stereocenters. The Labute approximate surface area is 167 Å². The van der Waals surface area contributed by atoms with E-state index in [-0.39, 0.29) is 5.56 Å². The number of hydrogen-bond acceptors (Lipinski definition) is 4. The molecule has 0 bridgehead atoms. The van der Waals surface area contributed by atoms with Gasteiger partial charge in [-0.3, -0.25) is 4.79 Å². The van der Waals surface area contributed by atoms with Crippen LogP contribution in [0.5, 0.6) is 5.75 Å². The number of hydrogen-bond donors (Lipinski definition) is 2. The molecule has 0 aliphatic heterocycles. The highest BCUT2D eigenvalue weighted by molar-refractivity contribution is 6.30. The molecule has 5 nitrogen and oxygen atoms in total. The van der Waals surface area contributed by atoms with Crippen LogP contribution in [0, 0.1) is 0 Å². The fourth-order valence-corrected chi connectivity index (χ4v) is 2.92. The van der Waals surface area contributed by atoms with Gasteiger partial charge in [0.1, 0.15) is 18.2 Å². The maximum atomic E-state index is 11.3. The van der Waals surface area contributed by atoms with Gasteiger partial charge in [-0.2, -0.15) is 0 Å². The van der Waals surface area contributed by atoms with Crippen molar-refractivity contribution in [2.45, 2.75) is 13.2 Å². The number of fused-ring (bicyclic) bond motifs is 1. The van der Waals surface area contributed by atoms with Gasteiger partial charge in [0, 0.05) is 40.3 Å². The summed E-state index contributed by atoms with van der Waals surface area (Å²) < 4.78 is 5.85. The Morgan fingerprint density at radius 2 is 1.79 bits per heavy atom. The summed E-state index contributed by atoms with van der Waals surface area (Å²) in [5, 5.41) is 4.94. The molecule has 2 heterocycles. The van der Waals surface area contributed by atoms with Crippen molar-refractivity contribution >= 4 is 28.3 Å². The minimum Gasteiger partial charge on any atom is -0.489 e. The second kappa shape index (κ2) is 8.15. The lowest BCUT2D eigenvalue weighted by Gasteiger charge is -2.09. The first kappa shape index (κ1) is 18.1. The molecule has 28 heavy (non-hydrogen) atoms. The van der Waals surface area contributed by atoms with Crippen molar-refractivity contribution in [2.75, 3.05) is 5.32 Å². The van der Waals surface area contributed by atoms with Crippen molar-refractivity contribution in [2.24, 2.45) is 0 Å². The van der Waals surface area contributed by atoms with Gasteiger partial charge >= 0.3 is 0 Å². The largest absolute Gasteiger partial charge is 0.489 e. The van der Waals surface area contributed by atoms with Gasteiger partial charge in [0.25, 0.3) is 0 Å². The zero-order valence-corrected chi connectivity index (χ0v) is 15.7. The van der Waals surface area contributed by atoms with Crippen LogP contribution in [0.3, 0.4) is 0 Å². The zero-order valence-electron chi connectivity index (χ0n) is 15.0. The molecular formula is C22H18ClN3O2. The molecule has 0 saturated heterocycles. The molecule has 4 rings (SSSR count). The third-order valence-corrected chi connectivity index (χ3v) is 4.56. The number of ether oxygens (including phenoxy) is 1. The Balaban J connectivity index is 1.34. The average Bonchev–Trinajstić information content (AvgIpc) is 2.72. The molecule has 4 aromatic rings. The summed E-state index contributed by atoms with van der Waals surface area (Å²) in [5.41, 5.74) is 2.78. The van der Waals surface area contributed by atoms with Crippen LogP contribution in [0.4, 0.5) is 5.82 Å². The van der Waals surface area contributed by atoms with E-state index in [1.807, 2.05) is 54.6 Å². The topological polar surface area (TPSA) is 67.0 Å². The predicted octanol–water partition coefficient (Wildman–Crippen LogP) is 4.77. The Kier molecular flexibility index (Phi) is 5.26. The first-order chi connectivity index (χ1) is 13.7. The highest BCUT2D eigenvalue weighted by atomic mass is 35.5. The van der Waals surface area contributed by atoms with Crippen LogP contribution >= 0.6 is 11.6 Å². The molecule has 0 fully saturated rings. The summed E-state index contributed by atoms with van der Waals surface area (Å²) in [6, 6.07) is 20.5. The zero-order chi connectivity index (χ0) is 19.3. The van der Waals surface area contributed by atoms with E-state index in [2.05, 4.69) is 15.3 Å². The Hall–Kier alpha value is -3.31. The van der Waals surface area contributed by atoms with Gasteiger partial charge in [0.2, 0.25) is 5.56 Å². The van der Waals surface area contributed by atoms with E-state index < -0.39 is 0 Å². The first-order valence-corrected chi connectivity index (χ1v) is 9.23. The van der Waals surface area contributed by atoms with Crippen molar-refractivity contribution in [3.8, 4) is 5.75 Å². The molecule has 0 aliphatic carbocycles. The maximum absolute atomic E-state index is 11.3. The van der Waals surface area contributed by atoms with E-state index in [0.717, 1.165) is 38.6 Å². The highest BCUT2D eigenvalue weighted by Gasteiger charge is 2.01. The molecule has 0 aliphatic rings. The first-order valence-electron chi connectivity index (χ1n) is 8.85. The monoisotopic (exact) mass is 391 g/mol. The molecule has 6 heteroatoms. The lowest BCUT2D eigenvalue weighted by Crippen LogP contribution is -2.03. The number of pyridine rings is 2. The summed E-state index contributed by atoms with van der Waals surface area (Å²) in [7, 11) is 0. The second-order valence-corrected chi connectivity index (χ2v) is 6.83. The number of anilines is 1. The molecule has 0 atom stereocenters. The average molecular weight is 392 g/mol. The van der Waals surface area contributed by atoms with Crippen LogP contribution < -0.4 is 15.6 Å². The summed E-state index contributed by atoms with van der Waals surface area (Å²) in [5.74, 6) is 1.54. The lowest BCUT2D eigenvalue weighted by atomic mass is 10.2. The van der Waals surface area contributed by atoms with Crippen LogP contribution in [0.2, 0.25) is 5.02 Å². The summed E-state index contributed by atoms with van der Waals surface area (Å²) in [6.07, 6.45) is 1.79. The minimum atomic E-state index is -0.114. The van der Waals surface area contributed by atoms with E-state index in [0.29, 0.717) is 13.2 Å². The Morgan fingerprint density at radius 3 is 2.57 bits per heavy atom. The third-order valence-electron chi connectivity index (χ3n) is 4.31. The van der Waals surface area contributed by atoms with E-state index in [4.69, 9.17) is 16.3 Å². The smallest absolute Gasteiger partial charge is 0.248 e. The van der Waals surface area contributed by atoms with Gasteiger partial charge in [0.05, 0.1) is 0 Å². The standard InChI is InChI=1S/C22H18ClN3O2/c23-18-5-1-15(2-6-18)12-24-21-9-3-16(13-25-21)14-28-19-7-8-20-17(11-19)4-10-22(27)26-20/h1-11,13H,12,14H2,(H,24,25)(H,26,27). The molecule has 2 aromatic heterocycles. The number of rotatable bonds is 6. The molecule has 2 aromatic carbocycles. The number of benzene rings is 2. The van der Waals surface area contributed by atoms with E-state index >= 15 is 0 Å². The summed E-state index contributed by atoms with van der Waals surface area (Å²) in [4.78, 5) is 18.6. The number of halogens is 1. The molecule has 0 radical (unpaired) electrons. The van der Waals surface area contributed by atoms with Crippen LogP contribution in [0.15, 0.2) is 77.7 Å². The predicted molar refractivity (Wildman–Crippen MR) is 112 cm³/mol. The van der Waals surface area contributed by atoms with Gasteiger partial charge in [0.15, 0.2) is 0 Å². The number of aromatic amines is 1. The SMILES string of the molecule is O=c1ccc2cc(OCc3ccc(NCc4ccc(Cl)cc4)nc3)ccc2[nH]1. The van der Waals surface area contributed by atoms with Crippen LogP contribution in [0.25, 0.3) is 10.9 Å². The maximum Gasteiger partial charge on any atom is 0.248 e. The third kappa shape index (κ3) is 4.50. The van der Waals surface area contributed by atoms with E-state index in [9.17, 15) is 4.79 Å². The summed E-state index contributed by atoms with van der Waals surface area (Å²) in [6.45, 7) is 1.10. The van der Waals surface area contributed by atoms with Crippen molar-refractivity contribution in [1.82, 2.24) is 9.97 Å². The van der Waals surface area contributed by atoms with Gasteiger partial charge in [-0.05, 0) is 48.0 Å². The van der Waals surface area contributed by atoms with E-state index in [1.54, 1.807) is 12.3 Å². The Bertz CT molecular complexity index is 1140. The lowest BCUT2D eigenvalue weighted by molar-refractivity contribution is 0.306. The number of H-pyrrole nitrogens is 1. The normalized spacial score (nSPS) is 10.8. The summed E-state index contributed by atoms with van der Waals surface area (Å²) >= 11 is 5.90. The molecule has 0 amide bonds. The Morgan fingerprint density at radius 1 is 0.964 bits per heavy atom. The highest BCUT2D eigenvalue weighted by Crippen LogP contribution is 2.19. The van der Waals surface area contributed by atoms with Gasteiger partial charge in [-0.15, -0.1) is 0 Å².